The van der Waals surface area contributed by atoms with E-state index in [1.807, 2.05) is 0 Å². The second-order valence-corrected chi connectivity index (χ2v) is 5.85. The Hall–Kier alpha value is -2.94. The van der Waals surface area contributed by atoms with Gasteiger partial charge < -0.3 is 5.32 Å². The van der Waals surface area contributed by atoms with Crippen LogP contribution >= 0.6 is 11.6 Å². The molecule has 0 bridgehead atoms. The highest BCUT2D eigenvalue weighted by molar-refractivity contribution is 6.31. The topological polar surface area (TPSA) is 120 Å². The minimum Gasteiger partial charge on any atom is -0.326 e. The van der Waals surface area contributed by atoms with Crippen molar-refractivity contribution in [2.24, 2.45) is 0 Å². The minimum atomic E-state index is -0.740. The molecule has 10 heteroatoms. The summed E-state index contributed by atoms with van der Waals surface area (Å²) in [6.07, 6.45) is 1.50. The maximum absolute atomic E-state index is 12.4. The van der Waals surface area contributed by atoms with Gasteiger partial charge in [0.05, 0.1) is 6.54 Å². The summed E-state index contributed by atoms with van der Waals surface area (Å²) in [6, 6.07) is 5.77. The van der Waals surface area contributed by atoms with E-state index >= 15 is 0 Å². The zero-order chi connectivity index (χ0) is 17.8. The maximum Gasteiger partial charge on any atom is 0.325 e. The summed E-state index contributed by atoms with van der Waals surface area (Å²) in [5.41, 5.74) is 0.677. The number of rotatable bonds is 6. The normalized spacial score (nSPS) is 16.8. The molecule has 0 aliphatic carbocycles. The molecule has 1 aliphatic heterocycles. The second kappa shape index (κ2) is 7.31. The van der Waals surface area contributed by atoms with Gasteiger partial charge >= 0.3 is 6.03 Å². The lowest BCUT2D eigenvalue weighted by molar-refractivity contribution is -0.128. The van der Waals surface area contributed by atoms with Gasteiger partial charge in [-0.3, -0.25) is 19.8 Å². The van der Waals surface area contributed by atoms with E-state index in [-0.39, 0.29) is 37.1 Å². The molecule has 1 saturated heterocycles. The van der Waals surface area contributed by atoms with Gasteiger partial charge in [-0.15, -0.1) is 0 Å². The van der Waals surface area contributed by atoms with Crippen molar-refractivity contribution in [3.8, 4) is 0 Å². The van der Waals surface area contributed by atoms with Crippen LogP contribution in [0.15, 0.2) is 30.6 Å². The SMILES string of the molecule is O=C(CC[C@@H]1NC(=O)N(Cc2ccccc2Cl)C1=O)Nc1ncn[nH]1. The van der Waals surface area contributed by atoms with Crippen LogP contribution in [0.2, 0.25) is 5.02 Å². The molecule has 9 nitrogen and oxygen atoms in total. The third-order valence-corrected chi connectivity index (χ3v) is 4.09. The van der Waals surface area contributed by atoms with E-state index in [9.17, 15) is 14.4 Å². The summed E-state index contributed by atoms with van der Waals surface area (Å²) in [5, 5.41) is 11.7. The number of hydrogen-bond donors (Lipinski definition) is 3. The summed E-state index contributed by atoms with van der Waals surface area (Å²) in [7, 11) is 0. The number of aromatic amines is 1. The van der Waals surface area contributed by atoms with Crippen molar-refractivity contribution in [2.75, 3.05) is 5.32 Å². The maximum atomic E-state index is 12.4. The molecule has 3 N–H and O–H groups in total. The third-order valence-electron chi connectivity index (χ3n) is 3.73. The van der Waals surface area contributed by atoms with Gasteiger partial charge in [-0.05, 0) is 18.1 Å². The number of anilines is 1. The van der Waals surface area contributed by atoms with Gasteiger partial charge in [-0.1, -0.05) is 29.8 Å². The molecule has 130 valence electrons. The van der Waals surface area contributed by atoms with E-state index < -0.39 is 12.1 Å². The van der Waals surface area contributed by atoms with Crippen molar-refractivity contribution in [3.05, 3.63) is 41.2 Å². The third kappa shape index (κ3) is 3.94. The van der Waals surface area contributed by atoms with E-state index in [0.29, 0.717) is 10.6 Å². The summed E-state index contributed by atoms with van der Waals surface area (Å²) in [4.78, 5) is 41.1. The van der Waals surface area contributed by atoms with Gasteiger partial charge in [0.25, 0.3) is 5.91 Å². The molecule has 25 heavy (non-hydrogen) atoms. The Kier molecular flexibility index (Phi) is 4.94. The molecule has 1 aromatic heterocycles. The van der Waals surface area contributed by atoms with E-state index in [1.54, 1.807) is 24.3 Å². The van der Waals surface area contributed by atoms with Crippen LogP contribution in [0.4, 0.5) is 10.7 Å². The van der Waals surface area contributed by atoms with Crippen LogP contribution in [0, 0.1) is 0 Å². The van der Waals surface area contributed by atoms with Gasteiger partial charge in [0.15, 0.2) is 0 Å². The number of hydrogen-bond acceptors (Lipinski definition) is 5. The smallest absolute Gasteiger partial charge is 0.325 e. The lowest BCUT2D eigenvalue weighted by Gasteiger charge is -2.14. The molecule has 4 amide bonds. The number of amides is 4. The molecule has 1 fully saturated rings. The number of aromatic nitrogens is 3. The van der Waals surface area contributed by atoms with Crippen molar-refractivity contribution < 1.29 is 14.4 Å². The molecule has 0 saturated carbocycles. The Bertz CT molecular complexity index is 794. The highest BCUT2D eigenvalue weighted by atomic mass is 35.5. The number of H-pyrrole nitrogens is 1. The number of halogens is 1. The first kappa shape index (κ1) is 16.9. The molecule has 0 spiro atoms. The summed E-state index contributed by atoms with van der Waals surface area (Å²) >= 11 is 6.07. The molecular weight excluding hydrogens is 348 g/mol. The molecule has 1 atom stereocenters. The van der Waals surface area contributed by atoms with Crippen LogP contribution < -0.4 is 10.6 Å². The molecular formula is C15H15ClN6O3. The van der Waals surface area contributed by atoms with E-state index in [0.717, 1.165) is 4.90 Å². The van der Waals surface area contributed by atoms with Crippen molar-refractivity contribution in [1.82, 2.24) is 25.4 Å². The van der Waals surface area contributed by atoms with E-state index in [1.165, 1.54) is 6.33 Å². The van der Waals surface area contributed by atoms with Gasteiger partial charge in [0.1, 0.15) is 12.4 Å². The predicted octanol–water partition coefficient (Wildman–Crippen LogP) is 1.30. The van der Waals surface area contributed by atoms with Crippen molar-refractivity contribution >= 4 is 35.4 Å². The lowest BCUT2D eigenvalue weighted by Crippen LogP contribution is -2.31. The van der Waals surface area contributed by atoms with Crippen LogP contribution in [0.25, 0.3) is 0 Å². The Balaban J connectivity index is 1.56. The highest BCUT2D eigenvalue weighted by Crippen LogP contribution is 2.20. The van der Waals surface area contributed by atoms with Crippen molar-refractivity contribution in [2.45, 2.75) is 25.4 Å². The standard InChI is InChI=1S/C15H15ClN6O3/c16-10-4-2-1-3-9(10)7-22-13(24)11(19-15(22)25)5-6-12(23)20-14-17-8-18-21-14/h1-4,8,11H,5-7H2,(H,19,25)(H2,17,18,20,21,23)/t11-/m0/s1. The fourth-order valence-corrected chi connectivity index (χ4v) is 2.65. The second-order valence-electron chi connectivity index (χ2n) is 5.44. The molecule has 1 aliphatic rings. The number of urea groups is 1. The number of imide groups is 1. The fourth-order valence-electron chi connectivity index (χ4n) is 2.45. The largest absolute Gasteiger partial charge is 0.326 e. The Morgan fingerprint density at radius 2 is 2.12 bits per heavy atom. The van der Waals surface area contributed by atoms with Gasteiger partial charge in [-0.2, -0.15) is 10.1 Å². The average molecular weight is 363 g/mol. The Morgan fingerprint density at radius 3 is 2.84 bits per heavy atom. The average Bonchev–Trinajstić information content (AvgIpc) is 3.18. The van der Waals surface area contributed by atoms with Crippen LogP contribution in [-0.2, 0) is 16.1 Å². The monoisotopic (exact) mass is 362 g/mol. The number of nitrogens with one attached hydrogen (secondary N) is 3. The van der Waals surface area contributed by atoms with Crippen molar-refractivity contribution in [3.63, 3.8) is 0 Å². The van der Waals surface area contributed by atoms with Crippen LogP contribution in [0.1, 0.15) is 18.4 Å². The van der Waals surface area contributed by atoms with Crippen LogP contribution in [0.3, 0.4) is 0 Å². The molecule has 2 heterocycles. The fraction of sp³-hybridized carbons (Fsp3) is 0.267. The zero-order valence-corrected chi connectivity index (χ0v) is 13.8. The quantitative estimate of drug-likeness (QED) is 0.669. The molecule has 3 rings (SSSR count). The van der Waals surface area contributed by atoms with Gasteiger partial charge in [0, 0.05) is 11.4 Å². The molecule has 0 radical (unpaired) electrons. The molecule has 2 aromatic rings. The van der Waals surface area contributed by atoms with Crippen molar-refractivity contribution in [1.29, 1.82) is 0 Å². The van der Waals surface area contributed by atoms with Crippen LogP contribution in [-0.4, -0.2) is 44.0 Å². The lowest BCUT2D eigenvalue weighted by atomic mass is 10.1. The predicted molar refractivity (Wildman–Crippen MR) is 88.6 cm³/mol. The minimum absolute atomic E-state index is 0.0529. The first-order chi connectivity index (χ1) is 12.0. The molecule has 1 aromatic carbocycles. The Labute approximate surface area is 147 Å². The van der Waals surface area contributed by atoms with E-state index in [2.05, 4.69) is 25.8 Å². The first-order valence-corrected chi connectivity index (χ1v) is 7.93. The summed E-state index contributed by atoms with van der Waals surface area (Å²) in [5.74, 6) is -0.479. The van der Waals surface area contributed by atoms with Gasteiger partial charge in [-0.25, -0.2) is 9.89 Å². The summed E-state index contributed by atoms with van der Waals surface area (Å²) < 4.78 is 0. The van der Waals surface area contributed by atoms with E-state index in [4.69, 9.17) is 11.6 Å². The zero-order valence-electron chi connectivity index (χ0n) is 13.0. The number of carbonyl (C=O) groups is 3. The number of carbonyl (C=O) groups excluding carboxylic acids is 3. The first-order valence-electron chi connectivity index (χ1n) is 7.55. The highest BCUT2D eigenvalue weighted by Gasteiger charge is 2.38. The number of nitrogens with zero attached hydrogens (tertiary/aromatic N) is 3. The van der Waals surface area contributed by atoms with Gasteiger partial charge in [0.2, 0.25) is 11.9 Å². The summed E-state index contributed by atoms with van der Waals surface area (Å²) in [6.45, 7) is 0.0884. The number of benzene rings is 1. The molecule has 0 unspecified atom stereocenters. The Morgan fingerprint density at radius 1 is 1.32 bits per heavy atom. The van der Waals surface area contributed by atoms with Crippen LogP contribution in [0.5, 0.6) is 0 Å².